The van der Waals surface area contributed by atoms with Gasteiger partial charge in [0.05, 0.1) is 36.8 Å². The Labute approximate surface area is 198 Å². The average Bonchev–Trinajstić information content (AvgIpc) is 2.79. The van der Waals surface area contributed by atoms with Gasteiger partial charge in [-0.15, -0.1) is 0 Å². The highest BCUT2D eigenvalue weighted by atomic mass is 19.4. The van der Waals surface area contributed by atoms with Crippen molar-refractivity contribution in [3.63, 3.8) is 0 Å². The SMILES string of the molecule is N#Cc1ccc(CCN2CC(=O)N(Cc3ccc(C(F)(F)F)cc3)C3(CN(C(=O)O)C3)C2=O)cc1. The van der Waals surface area contributed by atoms with Gasteiger partial charge in [-0.1, -0.05) is 24.3 Å². The number of hydrogen-bond donors (Lipinski definition) is 1. The van der Waals surface area contributed by atoms with Gasteiger partial charge in [0.1, 0.15) is 0 Å². The molecule has 0 radical (unpaired) electrons. The van der Waals surface area contributed by atoms with Crippen LogP contribution >= 0.6 is 0 Å². The van der Waals surface area contributed by atoms with E-state index in [1.165, 1.54) is 21.9 Å². The van der Waals surface area contributed by atoms with Crippen LogP contribution in [0, 0.1) is 11.3 Å². The largest absolute Gasteiger partial charge is 0.465 e. The Morgan fingerprint density at radius 1 is 1.03 bits per heavy atom. The predicted molar refractivity (Wildman–Crippen MR) is 116 cm³/mol. The molecule has 8 nitrogen and oxygen atoms in total. The molecular weight excluding hydrogens is 465 g/mol. The van der Waals surface area contributed by atoms with Crippen LogP contribution < -0.4 is 0 Å². The third kappa shape index (κ3) is 4.64. The van der Waals surface area contributed by atoms with Crippen LogP contribution in [0.1, 0.15) is 22.3 Å². The second kappa shape index (κ2) is 8.94. The van der Waals surface area contributed by atoms with Crippen molar-refractivity contribution in [1.29, 1.82) is 5.26 Å². The van der Waals surface area contributed by atoms with Crippen LogP contribution in [0.5, 0.6) is 0 Å². The molecule has 1 spiro atoms. The van der Waals surface area contributed by atoms with Gasteiger partial charge >= 0.3 is 12.3 Å². The predicted octanol–water partition coefficient (Wildman–Crippen LogP) is 2.72. The molecule has 0 aromatic heterocycles. The summed E-state index contributed by atoms with van der Waals surface area (Å²) in [5, 5.41) is 18.2. The molecule has 182 valence electrons. The Balaban J connectivity index is 1.53. The van der Waals surface area contributed by atoms with Crippen molar-refractivity contribution >= 4 is 17.9 Å². The first-order valence-corrected chi connectivity index (χ1v) is 10.8. The van der Waals surface area contributed by atoms with Crippen molar-refractivity contribution < 1.29 is 32.7 Å². The summed E-state index contributed by atoms with van der Waals surface area (Å²) in [6, 6.07) is 13.2. The number of carbonyl (C=O) groups is 3. The molecule has 2 aromatic carbocycles. The van der Waals surface area contributed by atoms with Crippen molar-refractivity contribution in [2.75, 3.05) is 26.2 Å². The summed E-state index contributed by atoms with van der Waals surface area (Å²) in [4.78, 5) is 41.7. The van der Waals surface area contributed by atoms with E-state index in [9.17, 15) is 32.7 Å². The van der Waals surface area contributed by atoms with Crippen molar-refractivity contribution in [3.8, 4) is 6.07 Å². The highest BCUT2D eigenvalue weighted by molar-refractivity contribution is 6.00. The van der Waals surface area contributed by atoms with Crippen molar-refractivity contribution in [2.24, 2.45) is 0 Å². The second-order valence-corrected chi connectivity index (χ2v) is 8.63. The van der Waals surface area contributed by atoms with Crippen LogP contribution in [0.2, 0.25) is 0 Å². The van der Waals surface area contributed by atoms with Crippen LogP contribution in [-0.4, -0.2) is 69.4 Å². The molecule has 11 heteroatoms. The maximum absolute atomic E-state index is 13.5. The lowest BCUT2D eigenvalue weighted by Gasteiger charge is -2.57. The standard InChI is InChI=1S/C24H21F3N4O4/c25-24(26,27)19-7-5-18(6-8-19)12-31-20(32)13-29(10-9-16-1-3-17(11-28)4-2-16)21(33)23(31)14-30(15-23)22(34)35/h1-8H,9-10,12-15H2,(H,34,35). The van der Waals surface area contributed by atoms with E-state index in [-0.39, 0.29) is 32.7 Å². The molecule has 0 aliphatic carbocycles. The summed E-state index contributed by atoms with van der Waals surface area (Å²) in [6.07, 6.45) is -5.29. The van der Waals surface area contributed by atoms with E-state index < -0.39 is 35.2 Å². The first-order valence-electron chi connectivity index (χ1n) is 10.8. The molecule has 0 saturated carbocycles. The average molecular weight is 486 g/mol. The van der Waals surface area contributed by atoms with E-state index in [1.54, 1.807) is 24.3 Å². The van der Waals surface area contributed by atoms with E-state index in [0.29, 0.717) is 17.5 Å². The van der Waals surface area contributed by atoms with Crippen LogP contribution in [0.15, 0.2) is 48.5 Å². The molecule has 0 bridgehead atoms. The summed E-state index contributed by atoms with van der Waals surface area (Å²) >= 11 is 0. The van der Waals surface area contributed by atoms with E-state index in [1.807, 2.05) is 6.07 Å². The first kappa shape index (κ1) is 24.1. The van der Waals surface area contributed by atoms with Gasteiger partial charge in [0, 0.05) is 13.1 Å². The van der Waals surface area contributed by atoms with Gasteiger partial charge in [-0.3, -0.25) is 9.59 Å². The van der Waals surface area contributed by atoms with E-state index in [2.05, 4.69) is 0 Å². The molecule has 2 heterocycles. The van der Waals surface area contributed by atoms with Crippen LogP contribution in [0.25, 0.3) is 0 Å². The maximum Gasteiger partial charge on any atom is 0.416 e. The van der Waals surface area contributed by atoms with Gasteiger partial charge in [0.25, 0.3) is 5.91 Å². The lowest BCUT2D eigenvalue weighted by atomic mass is 9.83. The van der Waals surface area contributed by atoms with E-state index in [4.69, 9.17) is 5.26 Å². The minimum atomic E-state index is -4.50. The number of likely N-dealkylation sites (tertiary alicyclic amines) is 1. The molecule has 2 aliphatic heterocycles. The maximum atomic E-state index is 13.5. The zero-order chi connectivity index (χ0) is 25.4. The van der Waals surface area contributed by atoms with Gasteiger partial charge < -0.3 is 19.8 Å². The molecule has 2 saturated heterocycles. The zero-order valence-electron chi connectivity index (χ0n) is 18.5. The number of rotatable bonds is 5. The van der Waals surface area contributed by atoms with Gasteiger partial charge in [0.2, 0.25) is 5.91 Å². The fourth-order valence-electron chi connectivity index (χ4n) is 4.41. The van der Waals surface area contributed by atoms with Gasteiger partial charge in [-0.2, -0.15) is 18.4 Å². The Kier molecular flexibility index (Phi) is 6.15. The molecule has 0 unspecified atom stereocenters. The lowest BCUT2D eigenvalue weighted by Crippen LogP contribution is -2.81. The molecule has 1 N–H and O–H groups in total. The summed E-state index contributed by atoms with van der Waals surface area (Å²) in [5.74, 6) is -0.801. The first-order chi connectivity index (χ1) is 16.5. The van der Waals surface area contributed by atoms with Crippen molar-refractivity contribution in [2.45, 2.75) is 24.7 Å². The minimum Gasteiger partial charge on any atom is -0.465 e. The highest BCUT2D eigenvalue weighted by Crippen LogP contribution is 2.36. The topological polar surface area (TPSA) is 105 Å². The highest BCUT2D eigenvalue weighted by Gasteiger charge is 2.60. The molecule has 3 amide bonds. The minimum absolute atomic E-state index is 0.111. The summed E-state index contributed by atoms with van der Waals surface area (Å²) < 4.78 is 38.6. The summed E-state index contributed by atoms with van der Waals surface area (Å²) in [7, 11) is 0. The number of amides is 3. The Bertz CT molecular complexity index is 1180. The molecule has 2 aromatic rings. The molecule has 4 rings (SSSR count). The summed E-state index contributed by atoms with van der Waals surface area (Å²) in [5.41, 5.74) is -0.462. The van der Waals surface area contributed by atoms with Gasteiger partial charge in [-0.25, -0.2) is 4.79 Å². The normalized spacial score (nSPS) is 17.4. The molecule has 0 atom stereocenters. The third-order valence-electron chi connectivity index (χ3n) is 6.38. The van der Waals surface area contributed by atoms with E-state index >= 15 is 0 Å². The van der Waals surface area contributed by atoms with Crippen LogP contribution in [0.3, 0.4) is 0 Å². The number of carbonyl (C=O) groups excluding carboxylic acids is 2. The number of carboxylic acid groups (broad SMARTS) is 1. The Hall–Kier alpha value is -4.07. The fourth-order valence-corrected chi connectivity index (χ4v) is 4.41. The number of halogens is 3. The number of nitriles is 1. The second-order valence-electron chi connectivity index (χ2n) is 8.63. The quantitative estimate of drug-likeness (QED) is 0.700. The smallest absolute Gasteiger partial charge is 0.416 e. The third-order valence-corrected chi connectivity index (χ3v) is 6.38. The number of nitrogens with zero attached hydrogens (tertiary/aromatic N) is 4. The monoisotopic (exact) mass is 486 g/mol. The number of piperazine rings is 1. The Morgan fingerprint density at radius 3 is 2.17 bits per heavy atom. The van der Waals surface area contributed by atoms with Crippen LogP contribution in [-0.2, 0) is 28.7 Å². The Morgan fingerprint density at radius 2 is 1.63 bits per heavy atom. The number of alkyl halides is 3. The molecule has 2 fully saturated rings. The number of benzene rings is 2. The molecule has 2 aliphatic rings. The lowest BCUT2D eigenvalue weighted by molar-refractivity contribution is -0.177. The molecular formula is C24H21F3N4O4. The van der Waals surface area contributed by atoms with Gasteiger partial charge in [-0.05, 0) is 41.8 Å². The van der Waals surface area contributed by atoms with Crippen LogP contribution in [0.4, 0.5) is 18.0 Å². The fraction of sp³-hybridized carbons (Fsp3) is 0.333. The number of hydrogen-bond acceptors (Lipinski definition) is 4. The summed E-state index contributed by atoms with van der Waals surface area (Å²) in [6.45, 7) is -0.522. The molecule has 35 heavy (non-hydrogen) atoms. The van der Waals surface area contributed by atoms with Crippen molar-refractivity contribution in [1.82, 2.24) is 14.7 Å². The zero-order valence-corrected chi connectivity index (χ0v) is 18.5. The van der Waals surface area contributed by atoms with Gasteiger partial charge in [0.15, 0.2) is 5.54 Å². The van der Waals surface area contributed by atoms with E-state index in [0.717, 1.165) is 22.6 Å². The van der Waals surface area contributed by atoms with Crippen molar-refractivity contribution in [3.05, 3.63) is 70.8 Å².